The summed E-state index contributed by atoms with van der Waals surface area (Å²) in [5.41, 5.74) is 1.30. The van der Waals surface area contributed by atoms with Gasteiger partial charge in [0.15, 0.2) is 6.10 Å². The number of hydrogen-bond acceptors (Lipinski definition) is 6. The largest absolute Gasteiger partial charge is 0.494 e. The van der Waals surface area contributed by atoms with Crippen molar-refractivity contribution in [2.75, 3.05) is 11.9 Å². The summed E-state index contributed by atoms with van der Waals surface area (Å²) in [6.45, 7) is 3.95. The van der Waals surface area contributed by atoms with E-state index in [4.69, 9.17) is 14.7 Å². The van der Waals surface area contributed by atoms with Crippen molar-refractivity contribution in [3.8, 4) is 11.8 Å². The van der Waals surface area contributed by atoms with E-state index in [2.05, 4.69) is 5.32 Å². The fourth-order valence-corrected chi connectivity index (χ4v) is 3.00. The third kappa shape index (κ3) is 5.33. The first-order chi connectivity index (χ1) is 12.5. The van der Waals surface area contributed by atoms with E-state index in [-0.39, 0.29) is 6.42 Å². The van der Waals surface area contributed by atoms with Crippen molar-refractivity contribution in [3.63, 3.8) is 0 Å². The van der Waals surface area contributed by atoms with Crippen LogP contribution in [-0.2, 0) is 20.7 Å². The van der Waals surface area contributed by atoms with Crippen LogP contribution in [0.5, 0.6) is 5.75 Å². The second-order valence-corrected chi connectivity index (χ2v) is 6.35. The zero-order chi connectivity index (χ0) is 18.9. The average Bonchev–Trinajstić information content (AvgIpc) is 3.08. The van der Waals surface area contributed by atoms with Gasteiger partial charge in [0.25, 0.3) is 5.91 Å². The Morgan fingerprint density at radius 2 is 2.08 bits per heavy atom. The highest BCUT2D eigenvalue weighted by atomic mass is 32.1. The van der Waals surface area contributed by atoms with Crippen LogP contribution in [0.4, 0.5) is 5.00 Å². The molecule has 0 saturated heterocycles. The summed E-state index contributed by atoms with van der Waals surface area (Å²) in [5.74, 6) is -0.187. The predicted octanol–water partition coefficient (Wildman–Crippen LogP) is 3.52. The van der Waals surface area contributed by atoms with Gasteiger partial charge in [0.2, 0.25) is 0 Å². The molecule has 1 amide bonds. The van der Waals surface area contributed by atoms with Gasteiger partial charge in [-0.2, -0.15) is 5.26 Å². The van der Waals surface area contributed by atoms with Crippen LogP contribution in [0.3, 0.4) is 0 Å². The van der Waals surface area contributed by atoms with Crippen LogP contribution in [-0.4, -0.2) is 24.6 Å². The monoisotopic (exact) mass is 372 g/mol. The molecule has 1 aromatic carbocycles. The molecule has 0 spiro atoms. The van der Waals surface area contributed by atoms with E-state index in [1.54, 1.807) is 11.4 Å². The Balaban J connectivity index is 1.85. The maximum atomic E-state index is 12.1. The summed E-state index contributed by atoms with van der Waals surface area (Å²) >= 11 is 1.24. The molecular formula is C19H20N2O4S. The molecule has 0 aliphatic rings. The molecule has 7 heteroatoms. The molecule has 2 aromatic rings. The highest BCUT2D eigenvalue weighted by Crippen LogP contribution is 2.23. The molecule has 2 rings (SSSR count). The summed E-state index contributed by atoms with van der Waals surface area (Å²) in [7, 11) is 0. The minimum atomic E-state index is -0.946. The Bertz CT molecular complexity index is 810. The fraction of sp³-hybridized carbons (Fsp3) is 0.316. The Hall–Kier alpha value is -2.85. The lowest BCUT2D eigenvalue weighted by atomic mass is 10.1. The van der Waals surface area contributed by atoms with Crippen LogP contribution in [0.1, 0.15) is 31.4 Å². The summed E-state index contributed by atoms with van der Waals surface area (Å²) in [4.78, 5) is 24.1. The maximum Gasteiger partial charge on any atom is 0.306 e. The molecule has 1 heterocycles. The lowest BCUT2D eigenvalue weighted by molar-refractivity contribution is -0.153. The van der Waals surface area contributed by atoms with Crippen molar-refractivity contribution in [2.24, 2.45) is 0 Å². The number of rotatable bonds is 8. The topological polar surface area (TPSA) is 88.4 Å². The first-order valence-electron chi connectivity index (χ1n) is 8.23. The standard InChI is InChI=1S/C19H20N2O4S/c1-3-24-16-7-5-4-6-14(16)8-9-17(22)25-13(2)18(23)21-19-15(12-20)10-11-26-19/h4-7,10-11,13H,3,8-9H2,1-2H3,(H,21,23)/t13-/m0/s1. The number of nitriles is 1. The van der Waals surface area contributed by atoms with Gasteiger partial charge >= 0.3 is 5.97 Å². The number of ether oxygens (including phenoxy) is 2. The van der Waals surface area contributed by atoms with Gasteiger partial charge in [-0.15, -0.1) is 11.3 Å². The van der Waals surface area contributed by atoms with Crippen LogP contribution >= 0.6 is 11.3 Å². The number of aryl methyl sites for hydroxylation is 1. The summed E-state index contributed by atoms with van der Waals surface area (Å²) < 4.78 is 10.7. The SMILES string of the molecule is CCOc1ccccc1CCC(=O)O[C@@H](C)C(=O)Nc1sccc1C#N. The second kappa shape index (κ2) is 9.59. The summed E-state index contributed by atoms with van der Waals surface area (Å²) in [6, 6.07) is 11.1. The van der Waals surface area contributed by atoms with Crippen molar-refractivity contribution < 1.29 is 19.1 Å². The van der Waals surface area contributed by atoms with Gasteiger partial charge in [-0.05, 0) is 43.3 Å². The highest BCUT2D eigenvalue weighted by molar-refractivity contribution is 7.14. The van der Waals surface area contributed by atoms with Crippen LogP contribution < -0.4 is 10.1 Å². The second-order valence-electron chi connectivity index (χ2n) is 5.44. The number of thiophene rings is 1. The van der Waals surface area contributed by atoms with E-state index >= 15 is 0 Å². The summed E-state index contributed by atoms with van der Waals surface area (Å²) in [6.07, 6.45) is -0.338. The molecule has 136 valence electrons. The van der Waals surface area contributed by atoms with E-state index in [1.165, 1.54) is 18.3 Å². The van der Waals surface area contributed by atoms with Crippen LogP contribution in [0.2, 0.25) is 0 Å². The van der Waals surface area contributed by atoms with Crippen molar-refractivity contribution in [2.45, 2.75) is 32.8 Å². The van der Waals surface area contributed by atoms with Crippen molar-refractivity contribution in [1.82, 2.24) is 0 Å². The molecule has 0 unspecified atom stereocenters. The molecule has 0 radical (unpaired) electrons. The highest BCUT2D eigenvalue weighted by Gasteiger charge is 2.19. The van der Waals surface area contributed by atoms with Crippen molar-refractivity contribution in [1.29, 1.82) is 5.26 Å². The molecule has 26 heavy (non-hydrogen) atoms. The molecule has 0 fully saturated rings. The Labute approximate surface area is 156 Å². The minimum absolute atomic E-state index is 0.143. The quantitative estimate of drug-likeness (QED) is 0.716. The number of esters is 1. The average molecular weight is 372 g/mol. The Morgan fingerprint density at radius 1 is 1.31 bits per heavy atom. The van der Waals surface area contributed by atoms with Crippen molar-refractivity contribution >= 4 is 28.2 Å². The molecule has 1 N–H and O–H groups in total. The van der Waals surface area contributed by atoms with Crippen LogP contribution in [0, 0.1) is 11.3 Å². The normalized spacial score (nSPS) is 11.3. The number of hydrogen-bond donors (Lipinski definition) is 1. The number of para-hydroxylation sites is 1. The van der Waals surface area contributed by atoms with E-state index in [0.717, 1.165) is 11.3 Å². The lowest BCUT2D eigenvalue weighted by Crippen LogP contribution is -2.30. The van der Waals surface area contributed by atoms with Gasteiger partial charge in [0.1, 0.15) is 16.8 Å². The van der Waals surface area contributed by atoms with Crippen LogP contribution in [0.15, 0.2) is 35.7 Å². The molecule has 0 bridgehead atoms. The third-order valence-corrected chi connectivity index (χ3v) is 4.40. The molecule has 0 aliphatic heterocycles. The first kappa shape index (κ1) is 19.5. The smallest absolute Gasteiger partial charge is 0.306 e. The molecule has 0 aliphatic carbocycles. The zero-order valence-corrected chi connectivity index (χ0v) is 15.5. The number of anilines is 1. The number of carbonyl (C=O) groups excluding carboxylic acids is 2. The summed E-state index contributed by atoms with van der Waals surface area (Å²) in [5, 5.41) is 13.7. The Morgan fingerprint density at radius 3 is 2.81 bits per heavy atom. The lowest BCUT2D eigenvalue weighted by Gasteiger charge is -2.14. The third-order valence-electron chi connectivity index (χ3n) is 3.57. The number of benzene rings is 1. The number of nitrogens with one attached hydrogen (secondary N) is 1. The van der Waals surface area contributed by atoms with Crippen molar-refractivity contribution in [3.05, 3.63) is 46.8 Å². The van der Waals surface area contributed by atoms with Gasteiger partial charge in [-0.25, -0.2) is 0 Å². The molecule has 1 aromatic heterocycles. The van der Waals surface area contributed by atoms with E-state index in [9.17, 15) is 9.59 Å². The minimum Gasteiger partial charge on any atom is -0.494 e. The maximum absolute atomic E-state index is 12.1. The number of amides is 1. The number of carbonyl (C=O) groups is 2. The van der Waals surface area contributed by atoms with Crippen LogP contribution in [0.25, 0.3) is 0 Å². The van der Waals surface area contributed by atoms with Gasteiger partial charge in [-0.3, -0.25) is 9.59 Å². The molecular weight excluding hydrogens is 352 g/mol. The Kier molecular flexibility index (Phi) is 7.18. The predicted molar refractivity (Wildman–Crippen MR) is 99.1 cm³/mol. The van der Waals surface area contributed by atoms with E-state index in [0.29, 0.717) is 23.6 Å². The van der Waals surface area contributed by atoms with E-state index in [1.807, 2.05) is 37.3 Å². The van der Waals surface area contributed by atoms with Gasteiger partial charge in [0.05, 0.1) is 12.2 Å². The molecule has 0 saturated carbocycles. The van der Waals surface area contributed by atoms with Gasteiger partial charge in [0, 0.05) is 6.42 Å². The first-order valence-corrected chi connectivity index (χ1v) is 9.11. The fourth-order valence-electron chi connectivity index (χ4n) is 2.26. The molecule has 6 nitrogen and oxygen atoms in total. The van der Waals surface area contributed by atoms with Gasteiger partial charge < -0.3 is 14.8 Å². The number of nitrogens with zero attached hydrogens (tertiary/aromatic N) is 1. The zero-order valence-electron chi connectivity index (χ0n) is 14.7. The van der Waals surface area contributed by atoms with Gasteiger partial charge in [-0.1, -0.05) is 18.2 Å². The van der Waals surface area contributed by atoms with E-state index < -0.39 is 18.0 Å². The molecule has 1 atom stereocenters.